The number of aromatic nitrogens is 3. The minimum absolute atomic E-state index is 0.482. The van der Waals surface area contributed by atoms with Gasteiger partial charge >= 0.3 is 0 Å². The zero-order valence-corrected chi connectivity index (χ0v) is 20.5. The van der Waals surface area contributed by atoms with E-state index in [0.717, 1.165) is 11.4 Å². The Balaban J connectivity index is 1.45. The number of H-pyrrole nitrogens is 1. The third-order valence-corrected chi connectivity index (χ3v) is 6.82. The van der Waals surface area contributed by atoms with E-state index in [4.69, 9.17) is 23.2 Å². The van der Waals surface area contributed by atoms with E-state index in [-0.39, 0.29) is 0 Å². The molecule has 35 heavy (non-hydrogen) atoms. The van der Waals surface area contributed by atoms with Crippen LogP contribution in [0.5, 0.6) is 0 Å². The van der Waals surface area contributed by atoms with Gasteiger partial charge in [0.25, 0.3) is 0 Å². The van der Waals surface area contributed by atoms with E-state index in [1.807, 2.05) is 24.3 Å². The third kappa shape index (κ3) is 4.87. The summed E-state index contributed by atoms with van der Waals surface area (Å²) in [6.07, 6.45) is 0.669. The van der Waals surface area contributed by atoms with Gasteiger partial charge in [0.1, 0.15) is 5.82 Å². The van der Waals surface area contributed by atoms with E-state index >= 15 is 0 Å². The lowest BCUT2D eigenvalue weighted by Gasteiger charge is -2.37. The number of rotatable bonds is 8. The van der Waals surface area contributed by atoms with Gasteiger partial charge in [-0.2, -0.15) is 5.10 Å². The summed E-state index contributed by atoms with van der Waals surface area (Å²) < 4.78 is 0. The Morgan fingerprint density at radius 2 is 1.23 bits per heavy atom. The molecule has 4 nitrogen and oxygen atoms in total. The molecule has 0 bridgehead atoms. The van der Waals surface area contributed by atoms with Gasteiger partial charge < -0.3 is 0 Å². The second-order valence-corrected chi connectivity index (χ2v) is 9.07. The van der Waals surface area contributed by atoms with Crippen LogP contribution in [0, 0.1) is 0 Å². The monoisotopic (exact) mass is 498 g/mol. The van der Waals surface area contributed by atoms with E-state index in [2.05, 4.69) is 93.3 Å². The van der Waals surface area contributed by atoms with Gasteiger partial charge in [0.15, 0.2) is 5.82 Å². The second kappa shape index (κ2) is 10.4. The average Bonchev–Trinajstić information content (AvgIpc) is 3.39. The molecule has 6 heteroatoms. The first-order valence-electron chi connectivity index (χ1n) is 11.4. The summed E-state index contributed by atoms with van der Waals surface area (Å²) in [6, 6.07) is 37.0. The van der Waals surface area contributed by atoms with Crippen LogP contribution in [0.3, 0.4) is 0 Å². The van der Waals surface area contributed by atoms with Crippen molar-refractivity contribution < 1.29 is 0 Å². The Bertz CT molecular complexity index is 1290. The van der Waals surface area contributed by atoms with Gasteiger partial charge in [-0.1, -0.05) is 114 Å². The van der Waals surface area contributed by atoms with Crippen LogP contribution < -0.4 is 5.32 Å². The molecule has 0 aliphatic carbocycles. The van der Waals surface area contributed by atoms with Crippen molar-refractivity contribution in [1.82, 2.24) is 20.5 Å². The van der Waals surface area contributed by atoms with Crippen LogP contribution in [-0.4, -0.2) is 21.7 Å². The summed E-state index contributed by atoms with van der Waals surface area (Å²) in [5, 5.41) is 12.3. The van der Waals surface area contributed by atoms with Gasteiger partial charge in [0.05, 0.1) is 15.6 Å². The molecule has 0 saturated heterocycles. The molecule has 0 aliphatic rings. The highest BCUT2D eigenvalue weighted by molar-refractivity contribution is 6.42. The van der Waals surface area contributed by atoms with E-state index < -0.39 is 5.54 Å². The topological polar surface area (TPSA) is 53.6 Å². The van der Waals surface area contributed by atoms with Gasteiger partial charge in [-0.25, -0.2) is 4.98 Å². The molecule has 5 rings (SSSR count). The minimum atomic E-state index is -0.518. The standard InChI is InChI=1S/C29H24Cl2N4/c30-25-17-16-21(20-26(25)31)28-33-27(34-35-28)18-19-32-29(22-10-4-1-5-11-22,23-12-6-2-7-13-23)24-14-8-3-9-15-24/h1-17,20,32H,18-19H2,(H,33,34,35). The van der Waals surface area contributed by atoms with Crippen molar-refractivity contribution in [2.24, 2.45) is 0 Å². The zero-order chi connectivity index (χ0) is 24.1. The van der Waals surface area contributed by atoms with Gasteiger partial charge in [0, 0.05) is 18.5 Å². The minimum Gasteiger partial charge on any atom is -0.300 e. The SMILES string of the molecule is Clc1ccc(-c2n[nH]c(CCNC(c3ccccc3)(c3ccccc3)c3ccccc3)n2)cc1Cl. The first-order chi connectivity index (χ1) is 17.2. The van der Waals surface area contributed by atoms with Gasteiger partial charge in [0.2, 0.25) is 0 Å². The fourth-order valence-electron chi connectivity index (χ4n) is 4.41. The fourth-order valence-corrected chi connectivity index (χ4v) is 4.71. The van der Waals surface area contributed by atoms with Crippen molar-refractivity contribution in [2.45, 2.75) is 12.0 Å². The molecule has 4 aromatic carbocycles. The lowest BCUT2D eigenvalue weighted by molar-refractivity contribution is 0.473. The van der Waals surface area contributed by atoms with Gasteiger partial charge in [-0.15, -0.1) is 0 Å². The Labute approximate surface area is 215 Å². The van der Waals surface area contributed by atoms with E-state index in [0.29, 0.717) is 28.8 Å². The lowest BCUT2D eigenvalue weighted by atomic mass is 9.77. The van der Waals surface area contributed by atoms with Gasteiger partial charge in [-0.05, 0) is 34.9 Å². The van der Waals surface area contributed by atoms with Crippen LogP contribution >= 0.6 is 23.2 Å². The maximum absolute atomic E-state index is 6.17. The molecule has 0 saturated carbocycles. The van der Waals surface area contributed by atoms with E-state index in [1.165, 1.54) is 16.7 Å². The summed E-state index contributed by atoms with van der Waals surface area (Å²) in [4.78, 5) is 4.68. The molecule has 0 unspecified atom stereocenters. The van der Waals surface area contributed by atoms with Crippen molar-refractivity contribution >= 4 is 23.2 Å². The molecule has 0 radical (unpaired) electrons. The lowest BCUT2D eigenvalue weighted by Crippen LogP contribution is -2.45. The van der Waals surface area contributed by atoms with Crippen LogP contribution in [0.4, 0.5) is 0 Å². The highest BCUT2D eigenvalue weighted by atomic mass is 35.5. The van der Waals surface area contributed by atoms with Crippen molar-refractivity contribution in [3.8, 4) is 11.4 Å². The van der Waals surface area contributed by atoms with Gasteiger partial charge in [-0.3, -0.25) is 10.4 Å². The van der Waals surface area contributed by atoms with Crippen molar-refractivity contribution in [3.05, 3.63) is 142 Å². The first-order valence-corrected chi connectivity index (χ1v) is 12.2. The molecule has 174 valence electrons. The maximum atomic E-state index is 6.17. The van der Waals surface area contributed by atoms with Crippen LogP contribution in [0.1, 0.15) is 22.5 Å². The fraction of sp³-hybridized carbons (Fsp3) is 0.103. The number of hydrogen-bond donors (Lipinski definition) is 2. The van der Waals surface area contributed by atoms with Crippen LogP contribution in [0.15, 0.2) is 109 Å². The first kappa shape index (κ1) is 23.3. The quantitative estimate of drug-likeness (QED) is 0.228. The number of benzene rings is 4. The molecule has 0 aliphatic heterocycles. The van der Waals surface area contributed by atoms with Crippen molar-refractivity contribution in [3.63, 3.8) is 0 Å². The smallest absolute Gasteiger partial charge is 0.181 e. The van der Waals surface area contributed by atoms with Crippen molar-refractivity contribution in [1.29, 1.82) is 0 Å². The third-order valence-electron chi connectivity index (χ3n) is 6.08. The number of hydrogen-bond acceptors (Lipinski definition) is 3. The molecule has 0 amide bonds. The molecular formula is C29H24Cl2N4. The molecular weight excluding hydrogens is 475 g/mol. The molecule has 1 aromatic heterocycles. The molecule has 0 fully saturated rings. The molecule has 0 spiro atoms. The van der Waals surface area contributed by atoms with Crippen LogP contribution in [0.25, 0.3) is 11.4 Å². The molecule has 0 atom stereocenters. The summed E-state index contributed by atoms with van der Waals surface area (Å²) in [7, 11) is 0. The summed E-state index contributed by atoms with van der Waals surface area (Å²) >= 11 is 12.2. The largest absolute Gasteiger partial charge is 0.300 e. The molecule has 1 heterocycles. The molecule has 2 N–H and O–H groups in total. The Morgan fingerprint density at radius 1 is 0.686 bits per heavy atom. The van der Waals surface area contributed by atoms with E-state index in [1.54, 1.807) is 12.1 Å². The van der Waals surface area contributed by atoms with Crippen molar-refractivity contribution in [2.75, 3.05) is 6.54 Å². The Hall–Kier alpha value is -3.44. The second-order valence-electron chi connectivity index (χ2n) is 8.26. The number of nitrogens with zero attached hydrogens (tertiary/aromatic N) is 2. The van der Waals surface area contributed by atoms with E-state index in [9.17, 15) is 0 Å². The zero-order valence-electron chi connectivity index (χ0n) is 19.0. The summed E-state index contributed by atoms with van der Waals surface area (Å²) in [5.41, 5.74) is 3.82. The maximum Gasteiger partial charge on any atom is 0.181 e. The normalized spacial score (nSPS) is 11.5. The Morgan fingerprint density at radius 3 is 1.74 bits per heavy atom. The summed E-state index contributed by atoms with van der Waals surface area (Å²) in [5.74, 6) is 1.39. The van der Waals surface area contributed by atoms with Crippen LogP contribution in [0.2, 0.25) is 10.0 Å². The highest BCUT2D eigenvalue weighted by Gasteiger charge is 2.35. The molecule has 5 aromatic rings. The number of halogens is 2. The Kier molecular flexibility index (Phi) is 6.96. The highest BCUT2D eigenvalue weighted by Crippen LogP contribution is 2.36. The summed E-state index contributed by atoms with van der Waals surface area (Å²) in [6.45, 7) is 0.675. The predicted octanol–water partition coefficient (Wildman–Crippen LogP) is 6.90. The number of aromatic amines is 1. The average molecular weight is 499 g/mol. The van der Waals surface area contributed by atoms with Crippen LogP contribution in [-0.2, 0) is 12.0 Å². The number of nitrogens with one attached hydrogen (secondary N) is 2. The predicted molar refractivity (Wildman–Crippen MR) is 143 cm³/mol.